The minimum Gasteiger partial charge on any atom is -0.444 e. The molecule has 6 heteroatoms. The molecule has 1 aromatic rings. The second kappa shape index (κ2) is 7.89. The zero-order valence-corrected chi connectivity index (χ0v) is 16.7. The minimum absolute atomic E-state index is 0.0173. The summed E-state index contributed by atoms with van der Waals surface area (Å²) < 4.78 is 11.5. The number of likely N-dealkylation sites (tertiary alicyclic amines) is 1. The van der Waals surface area contributed by atoms with Crippen molar-refractivity contribution >= 4 is 12.0 Å². The van der Waals surface area contributed by atoms with Gasteiger partial charge < -0.3 is 19.3 Å². The fourth-order valence-electron chi connectivity index (χ4n) is 3.70. The number of ether oxygens (including phenoxy) is 2. The summed E-state index contributed by atoms with van der Waals surface area (Å²) in [4.78, 5) is 28.9. The molecule has 1 aromatic carbocycles. The maximum atomic E-state index is 13.1. The van der Waals surface area contributed by atoms with Crippen LogP contribution in [0.1, 0.15) is 45.8 Å². The van der Waals surface area contributed by atoms with Crippen molar-refractivity contribution in [1.29, 1.82) is 0 Å². The third-order valence-electron chi connectivity index (χ3n) is 4.93. The molecule has 2 aliphatic rings. The van der Waals surface area contributed by atoms with E-state index in [-0.39, 0.29) is 30.1 Å². The standard InChI is InChI=1S/C21H30N2O4/c1-15-12-23(14-18(26-15)16-8-6-5-7-9-16)19(24)17-10-11-22(13-17)20(25)27-21(2,3)4/h5-9,15,17-18H,10-14H2,1-4H3. The van der Waals surface area contributed by atoms with Crippen LogP contribution in [-0.4, -0.2) is 59.7 Å². The van der Waals surface area contributed by atoms with Gasteiger partial charge in [-0.2, -0.15) is 0 Å². The number of nitrogens with zero attached hydrogens (tertiary/aromatic N) is 2. The van der Waals surface area contributed by atoms with E-state index in [4.69, 9.17) is 9.47 Å². The highest BCUT2D eigenvalue weighted by Crippen LogP contribution is 2.28. The van der Waals surface area contributed by atoms with Crippen LogP contribution in [0.5, 0.6) is 0 Å². The van der Waals surface area contributed by atoms with E-state index in [0.717, 1.165) is 5.56 Å². The average molecular weight is 374 g/mol. The second-order valence-corrected chi connectivity index (χ2v) is 8.50. The van der Waals surface area contributed by atoms with Gasteiger partial charge in [-0.15, -0.1) is 0 Å². The third kappa shape index (κ3) is 5.01. The minimum atomic E-state index is -0.526. The predicted octanol–water partition coefficient (Wildman–Crippen LogP) is 3.23. The topological polar surface area (TPSA) is 59.1 Å². The van der Waals surface area contributed by atoms with Crippen molar-refractivity contribution in [2.75, 3.05) is 26.2 Å². The zero-order chi connectivity index (χ0) is 19.6. The normalized spacial score (nSPS) is 26.1. The predicted molar refractivity (Wildman–Crippen MR) is 102 cm³/mol. The van der Waals surface area contributed by atoms with Crippen LogP contribution in [0.25, 0.3) is 0 Å². The van der Waals surface area contributed by atoms with Crippen LogP contribution in [0, 0.1) is 5.92 Å². The molecular weight excluding hydrogens is 344 g/mol. The highest BCUT2D eigenvalue weighted by atomic mass is 16.6. The molecule has 0 N–H and O–H groups in total. The van der Waals surface area contributed by atoms with E-state index in [0.29, 0.717) is 32.6 Å². The average Bonchev–Trinajstić information content (AvgIpc) is 3.10. The Balaban J connectivity index is 1.61. The maximum Gasteiger partial charge on any atom is 0.410 e. The molecule has 148 valence electrons. The van der Waals surface area contributed by atoms with E-state index in [2.05, 4.69) is 0 Å². The van der Waals surface area contributed by atoms with Gasteiger partial charge in [-0.25, -0.2) is 4.79 Å². The first kappa shape index (κ1) is 19.7. The quantitative estimate of drug-likeness (QED) is 0.797. The molecule has 0 aromatic heterocycles. The molecule has 27 heavy (non-hydrogen) atoms. The Morgan fingerprint density at radius 1 is 1.07 bits per heavy atom. The first-order chi connectivity index (χ1) is 12.7. The highest BCUT2D eigenvalue weighted by molar-refractivity contribution is 5.81. The van der Waals surface area contributed by atoms with Gasteiger partial charge in [0.1, 0.15) is 11.7 Å². The number of rotatable bonds is 2. The molecule has 6 nitrogen and oxygen atoms in total. The number of hydrogen-bond donors (Lipinski definition) is 0. The molecule has 0 saturated carbocycles. The fourth-order valence-corrected chi connectivity index (χ4v) is 3.70. The largest absolute Gasteiger partial charge is 0.444 e. The monoisotopic (exact) mass is 374 g/mol. The third-order valence-corrected chi connectivity index (χ3v) is 4.93. The number of benzene rings is 1. The Bertz CT molecular complexity index is 671. The lowest BCUT2D eigenvalue weighted by molar-refractivity contribution is -0.148. The molecule has 2 saturated heterocycles. The molecule has 0 radical (unpaired) electrons. The van der Waals surface area contributed by atoms with E-state index in [1.807, 2.05) is 62.9 Å². The summed E-state index contributed by atoms with van der Waals surface area (Å²) in [5, 5.41) is 0. The van der Waals surface area contributed by atoms with Gasteiger partial charge in [0.15, 0.2) is 0 Å². The van der Waals surface area contributed by atoms with E-state index < -0.39 is 5.60 Å². The van der Waals surface area contributed by atoms with Crippen LogP contribution in [0.15, 0.2) is 30.3 Å². The molecule has 2 fully saturated rings. The Morgan fingerprint density at radius 3 is 2.44 bits per heavy atom. The van der Waals surface area contributed by atoms with Crippen LogP contribution < -0.4 is 0 Å². The summed E-state index contributed by atoms with van der Waals surface area (Å²) in [6.07, 6.45) is 0.216. The van der Waals surface area contributed by atoms with Crippen molar-refractivity contribution in [2.45, 2.75) is 51.9 Å². The lowest BCUT2D eigenvalue weighted by atomic mass is 10.0. The van der Waals surface area contributed by atoms with Crippen molar-refractivity contribution in [3.8, 4) is 0 Å². The lowest BCUT2D eigenvalue weighted by Gasteiger charge is -2.38. The summed E-state index contributed by atoms with van der Waals surface area (Å²) in [5.74, 6) is -0.0589. The van der Waals surface area contributed by atoms with Crippen LogP contribution in [0.4, 0.5) is 4.79 Å². The number of morpholine rings is 1. The van der Waals surface area contributed by atoms with Crippen LogP contribution >= 0.6 is 0 Å². The lowest BCUT2D eigenvalue weighted by Crippen LogP contribution is -2.48. The van der Waals surface area contributed by atoms with Crippen LogP contribution in [0.2, 0.25) is 0 Å². The SMILES string of the molecule is CC1CN(C(=O)C2CCN(C(=O)OC(C)(C)C)C2)CC(c2ccccc2)O1. The van der Waals surface area contributed by atoms with Gasteiger partial charge in [-0.05, 0) is 39.7 Å². The van der Waals surface area contributed by atoms with Gasteiger partial charge in [0.05, 0.1) is 18.6 Å². The number of hydrogen-bond acceptors (Lipinski definition) is 4. The van der Waals surface area contributed by atoms with Crippen LogP contribution in [0.3, 0.4) is 0 Å². The molecule has 2 aliphatic heterocycles. The first-order valence-electron chi connectivity index (χ1n) is 9.70. The molecule has 2 heterocycles. The van der Waals surface area contributed by atoms with Gasteiger partial charge >= 0.3 is 6.09 Å². The number of carbonyl (C=O) groups excluding carboxylic acids is 2. The summed E-state index contributed by atoms with van der Waals surface area (Å²) in [6, 6.07) is 10.0. The zero-order valence-electron chi connectivity index (χ0n) is 16.7. The van der Waals surface area contributed by atoms with Gasteiger partial charge in [-0.1, -0.05) is 30.3 Å². The molecule has 2 amide bonds. The van der Waals surface area contributed by atoms with Crippen LogP contribution in [-0.2, 0) is 14.3 Å². The molecule has 3 rings (SSSR count). The van der Waals surface area contributed by atoms with Crippen molar-refractivity contribution in [1.82, 2.24) is 9.80 Å². The van der Waals surface area contributed by atoms with E-state index in [1.54, 1.807) is 4.90 Å². The van der Waals surface area contributed by atoms with Gasteiger partial charge in [0.2, 0.25) is 5.91 Å². The fraction of sp³-hybridized carbons (Fsp3) is 0.619. The summed E-state index contributed by atoms with van der Waals surface area (Å²) in [5.41, 5.74) is 0.561. The van der Waals surface area contributed by atoms with E-state index in [1.165, 1.54) is 0 Å². The molecule has 0 bridgehead atoms. The maximum absolute atomic E-state index is 13.1. The first-order valence-corrected chi connectivity index (χ1v) is 9.70. The molecule has 0 spiro atoms. The number of carbonyl (C=O) groups is 2. The van der Waals surface area contributed by atoms with E-state index in [9.17, 15) is 9.59 Å². The second-order valence-electron chi connectivity index (χ2n) is 8.50. The molecular formula is C21H30N2O4. The smallest absolute Gasteiger partial charge is 0.410 e. The Hall–Kier alpha value is -2.08. The Kier molecular flexibility index (Phi) is 5.75. The van der Waals surface area contributed by atoms with Crippen molar-refractivity contribution in [3.05, 3.63) is 35.9 Å². The Morgan fingerprint density at radius 2 is 1.78 bits per heavy atom. The molecule has 3 unspecified atom stereocenters. The summed E-state index contributed by atoms with van der Waals surface area (Å²) in [6.45, 7) is 9.68. The molecule has 3 atom stereocenters. The van der Waals surface area contributed by atoms with E-state index >= 15 is 0 Å². The van der Waals surface area contributed by atoms with Gasteiger partial charge in [-0.3, -0.25) is 4.79 Å². The van der Waals surface area contributed by atoms with Gasteiger partial charge in [0.25, 0.3) is 0 Å². The summed E-state index contributed by atoms with van der Waals surface area (Å²) in [7, 11) is 0. The van der Waals surface area contributed by atoms with Crippen molar-refractivity contribution < 1.29 is 19.1 Å². The highest BCUT2D eigenvalue weighted by Gasteiger charge is 2.38. The Labute approximate surface area is 161 Å². The van der Waals surface area contributed by atoms with Crippen molar-refractivity contribution in [2.24, 2.45) is 5.92 Å². The van der Waals surface area contributed by atoms with Gasteiger partial charge in [0, 0.05) is 19.6 Å². The summed E-state index contributed by atoms with van der Waals surface area (Å²) >= 11 is 0. The van der Waals surface area contributed by atoms with Crippen molar-refractivity contribution in [3.63, 3.8) is 0 Å². The number of amides is 2. The molecule has 0 aliphatic carbocycles.